The summed E-state index contributed by atoms with van der Waals surface area (Å²) in [5.41, 5.74) is 6.70. The molecule has 0 saturated heterocycles. The van der Waals surface area contributed by atoms with Gasteiger partial charge in [-0.15, -0.1) is 0 Å². The molecule has 0 aliphatic heterocycles. The highest BCUT2D eigenvalue weighted by Gasteiger charge is 2.15. The molecule has 2 rings (SSSR count). The van der Waals surface area contributed by atoms with Gasteiger partial charge in [0.1, 0.15) is 0 Å². The lowest BCUT2D eigenvalue weighted by atomic mass is 10.1. The van der Waals surface area contributed by atoms with E-state index in [0.717, 1.165) is 6.07 Å². The van der Waals surface area contributed by atoms with Crippen LogP contribution >= 0.6 is 0 Å². The molecule has 0 saturated carbocycles. The van der Waals surface area contributed by atoms with Gasteiger partial charge in [0, 0.05) is 5.69 Å². The Labute approximate surface area is 109 Å². The van der Waals surface area contributed by atoms with Crippen molar-refractivity contribution in [3.05, 3.63) is 59.2 Å². The van der Waals surface area contributed by atoms with Crippen LogP contribution in [-0.2, 0) is 0 Å². The maximum Gasteiger partial charge on any atom is 0.258 e. The van der Waals surface area contributed by atoms with Crippen LogP contribution in [0.5, 0.6) is 0 Å². The van der Waals surface area contributed by atoms with Crippen molar-refractivity contribution in [3.63, 3.8) is 0 Å². The number of aryl methyl sites for hydroxylation is 1. The van der Waals surface area contributed by atoms with E-state index in [0.29, 0.717) is 5.56 Å². The molecule has 0 heterocycles. The Morgan fingerprint density at radius 2 is 1.84 bits per heavy atom. The van der Waals surface area contributed by atoms with Crippen molar-refractivity contribution in [2.45, 2.75) is 6.92 Å². The molecule has 0 fully saturated rings. The SMILES string of the molecule is Cc1cccc(N)c1C(=O)Nc1cccc(F)c1F. The van der Waals surface area contributed by atoms with Crippen molar-refractivity contribution in [2.75, 3.05) is 11.1 Å². The maximum atomic E-state index is 13.5. The van der Waals surface area contributed by atoms with E-state index in [4.69, 9.17) is 5.73 Å². The summed E-state index contributed by atoms with van der Waals surface area (Å²) in [6, 6.07) is 8.58. The minimum absolute atomic E-state index is 0.215. The number of nitrogens with two attached hydrogens (primary N) is 1. The summed E-state index contributed by atoms with van der Waals surface area (Å²) in [4.78, 5) is 12.0. The number of rotatable bonds is 2. The van der Waals surface area contributed by atoms with Crippen LogP contribution in [0.2, 0.25) is 0 Å². The molecular weight excluding hydrogens is 250 g/mol. The summed E-state index contributed by atoms with van der Waals surface area (Å²) in [7, 11) is 0. The first-order valence-corrected chi connectivity index (χ1v) is 5.61. The van der Waals surface area contributed by atoms with Gasteiger partial charge in [-0.25, -0.2) is 8.78 Å². The number of carbonyl (C=O) groups is 1. The molecule has 2 aromatic carbocycles. The number of halogens is 2. The van der Waals surface area contributed by atoms with E-state index in [1.165, 1.54) is 12.1 Å². The molecule has 0 unspecified atom stereocenters. The van der Waals surface area contributed by atoms with E-state index in [1.54, 1.807) is 25.1 Å². The van der Waals surface area contributed by atoms with Crippen LogP contribution in [0.3, 0.4) is 0 Å². The van der Waals surface area contributed by atoms with Gasteiger partial charge in [-0.3, -0.25) is 4.79 Å². The van der Waals surface area contributed by atoms with Gasteiger partial charge in [0.25, 0.3) is 5.91 Å². The van der Waals surface area contributed by atoms with E-state index in [9.17, 15) is 13.6 Å². The highest BCUT2D eigenvalue weighted by molar-refractivity contribution is 6.08. The Morgan fingerprint density at radius 3 is 2.53 bits per heavy atom. The summed E-state index contributed by atoms with van der Waals surface area (Å²) in [6.45, 7) is 1.72. The first-order chi connectivity index (χ1) is 9.00. The molecule has 3 nitrogen and oxygen atoms in total. The number of anilines is 2. The molecule has 19 heavy (non-hydrogen) atoms. The summed E-state index contributed by atoms with van der Waals surface area (Å²) in [6.07, 6.45) is 0. The molecule has 0 spiro atoms. The minimum Gasteiger partial charge on any atom is -0.398 e. The third-order valence-corrected chi connectivity index (χ3v) is 2.73. The van der Waals surface area contributed by atoms with Gasteiger partial charge in [-0.05, 0) is 30.7 Å². The monoisotopic (exact) mass is 262 g/mol. The predicted octanol–water partition coefficient (Wildman–Crippen LogP) is 3.11. The maximum absolute atomic E-state index is 13.5. The standard InChI is InChI=1S/C14H12F2N2O/c1-8-4-2-6-10(17)12(8)14(19)18-11-7-3-5-9(15)13(11)16/h2-7H,17H2,1H3,(H,18,19). The Kier molecular flexibility index (Phi) is 3.46. The first-order valence-electron chi connectivity index (χ1n) is 5.61. The third-order valence-electron chi connectivity index (χ3n) is 2.73. The minimum atomic E-state index is -1.09. The van der Waals surface area contributed by atoms with Crippen LogP contribution in [0, 0.1) is 18.6 Å². The summed E-state index contributed by atoms with van der Waals surface area (Å²) in [5.74, 6) is -2.68. The molecule has 98 valence electrons. The van der Waals surface area contributed by atoms with E-state index in [-0.39, 0.29) is 16.9 Å². The lowest BCUT2D eigenvalue weighted by Gasteiger charge is -2.10. The number of amides is 1. The van der Waals surface area contributed by atoms with Crippen LogP contribution in [0.25, 0.3) is 0 Å². The summed E-state index contributed by atoms with van der Waals surface area (Å²) < 4.78 is 26.5. The van der Waals surface area contributed by atoms with Crippen molar-refractivity contribution < 1.29 is 13.6 Å². The number of carbonyl (C=O) groups excluding carboxylic acids is 1. The van der Waals surface area contributed by atoms with Crippen LogP contribution < -0.4 is 11.1 Å². The lowest BCUT2D eigenvalue weighted by molar-refractivity contribution is 0.102. The van der Waals surface area contributed by atoms with Gasteiger partial charge in [-0.2, -0.15) is 0 Å². The zero-order valence-electron chi connectivity index (χ0n) is 10.2. The smallest absolute Gasteiger partial charge is 0.258 e. The molecule has 0 radical (unpaired) electrons. The lowest BCUT2D eigenvalue weighted by Crippen LogP contribution is -2.16. The van der Waals surface area contributed by atoms with Crippen molar-refractivity contribution in [1.29, 1.82) is 0 Å². The number of hydrogen-bond acceptors (Lipinski definition) is 2. The Morgan fingerprint density at radius 1 is 1.16 bits per heavy atom. The zero-order chi connectivity index (χ0) is 14.0. The second-order valence-electron chi connectivity index (χ2n) is 4.09. The Bertz CT molecular complexity index is 621. The Hall–Kier alpha value is -2.43. The topological polar surface area (TPSA) is 55.1 Å². The highest BCUT2D eigenvalue weighted by atomic mass is 19.2. The molecule has 1 amide bonds. The fraction of sp³-hybridized carbons (Fsp3) is 0.0714. The molecule has 0 aliphatic carbocycles. The number of nitrogen functional groups attached to an aromatic ring is 1. The molecule has 2 aromatic rings. The van der Waals surface area contributed by atoms with Crippen molar-refractivity contribution in [2.24, 2.45) is 0 Å². The van der Waals surface area contributed by atoms with Gasteiger partial charge in [0.15, 0.2) is 11.6 Å². The molecular formula is C14H12F2N2O. The van der Waals surface area contributed by atoms with Crippen LogP contribution in [0.15, 0.2) is 36.4 Å². The van der Waals surface area contributed by atoms with Gasteiger partial charge in [0.05, 0.1) is 11.3 Å². The van der Waals surface area contributed by atoms with E-state index >= 15 is 0 Å². The fourth-order valence-electron chi connectivity index (χ4n) is 1.79. The third kappa shape index (κ3) is 2.54. The fourth-order valence-corrected chi connectivity index (χ4v) is 1.79. The Balaban J connectivity index is 2.34. The molecule has 0 aromatic heterocycles. The normalized spacial score (nSPS) is 10.3. The van der Waals surface area contributed by atoms with E-state index in [2.05, 4.69) is 5.32 Å². The molecule has 0 atom stereocenters. The first kappa shape index (κ1) is 13.0. The van der Waals surface area contributed by atoms with E-state index < -0.39 is 17.5 Å². The number of hydrogen-bond donors (Lipinski definition) is 2. The molecule has 0 bridgehead atoms. The average Bonchev–Trinajstić information content (AvgIpc) is 2.35. The second-order valence-corrected chi connectivity index (χ2v) is 4.09. The van der Waals surface area contributed by atoms with Gasteiger partial charge < -0.3 is 11.1 Å². The van der Waals surface area contributed by atoms with Gasteiger partial charge >= 0.3 is 0 Å². The largest absolute Gasteiger partial charge is 0.398 e. The molecule has 0 aliphatic rings. The van der Waals surface area contributed by atoms with Crippen LogP contribution in [0.1, 0.15) is 15.9 Å². The van der Waals surface area contributed by atoms with Gasteiger partial charge in [0.2, 0.25) is 0 Å². The second kappa shape index (κ2) is 5.06. The van der Waals surface area contributed by atoms with Gasteiger partial charge in [-0.1, -0.05) is 18.2 Å². The average molecular weight is 262 g/mol. The quantitative estimate of drug-likeness (QED) is 0.817. The summed E-state index contributed by atoms with van der Waals surface area (Å²) >= 11 is 0. The number of nitrogens with one attached hydrogen (secondary N) is 1. The van der Waals surface area contributed by atoms with Crippen LogP contribution in [0.4, 0.5) is 20.2 Å². The highest BCUT2D eigenvalue weighted by Crippen LogP contribution is 2.21. The van der Waals surface area contributed by atoms with Crippen molar-refractivity contribution >= 4 is 17.3 Å². The zero-order valence-corrected chi connectivity index (χ0v) is 10.2. The van der Waals surface area contributed by atoms with E-state index in [1.807, 2.05) is 0 Å². The van der Waals surface area contributed by atoms with Crippen LogP contribution in [-0.4, -0.2) is 5.91 Å². The van der Waals surface area contributed by atoms with Crippen molar-refractivity contribution in [1.82, 2.24) is 0 Å². The van der Waals surface area contributed by atoms with Crippen molar-refractivity contribution in [3.8, 4) is 0 Å². The molecule has 5 heteroatoms. The summed E-state index contributed by atoms with van der Waals surface area (Å²) in [5, 5.41) is 2.32. The number of benzene rings is 2. The molecule has 3 N–H and O–H groups in total. The predicted molar refractivity (Wildman–Crippen MR) is 69.9 cm³/mol.